The molecule has 0 bridgehead atoms. The second kappa shape index (κ2) is 5.59. The molecule has 3 heteroatoms. The van der Waals surface area contributed by atoms with E-state index in [1.54, 1.807) is 7.11 Å². The quantitative estimate of drug-likeness (QED) is 0.563. The van der Waals surface area contributed by atoms with Crippen molar-refractivity contribution in [1.29, 1.82) is 0 Å². The Balaban J connectivity index is 2.68. The minimum atomic E-state index is -0.150. The van der Waals surface area contributed by atoms with Crippen molar-refractivity contribution in [3.05, 3.63) is 35.4 Å². The molecule has 0 aliphatic rings. The molecule has 1 rings (SSSR count). The summed E-state index contributed by atoms with van der Waals surface area (Å²) in [5.74, 6) is 0. The van der Waals surface area contributed by atoms with Crippen molar-refractivity contribution in [2.75, 3.05) is 7.11 Å². The number of benzene rings is 1. The van der Waals surface area contributed by atoms with Gasteiger partial charge in [-0.2, -0.15) is 0 Å². The maximum Gasteiger partial charge on any atom is 0.235 e. The van der Waals surface area contributed by atoms with Crippen LogP contribution in [0.25, 0.3) is 0 Å². The van der Waals surface area contributed by atoms with Gasteiger partial charge in [-0.1, -0.05) is 24.3 Å². The minimum Gasteiger partial charge on any atom is -0.378 e. The Kier molecular flexibility index (Phi) is 4.41. The van der Waals surface area contributed by atoms with E-state index in [4.69, 9.17) is 4.74 Å². The maximum atomic E-state index is 9.96. The highest BCUT2D eigenvalue weighted by Gasteiger charge is 2.16. The van der Waals surface area contributed by atoms with Gasteiger partial charge in [0.1, 0.15) is 0 Å². The number of rotatable bonds is 5. The fraction of sp³-hybridized carbons (Fsp3) is 0.462. The van der Waals surface area contributed by atoms with Crippen LogP contribution in [0.4, 0.5) is 0 Å². The van der Waals surface area contributed by atoms with E-state index in [-0.39, 0.29) is 5.60 Å². The Morgan fingerprint density at radius 2 is 1.81 bits per heavy atom. The van der Waals surface area contributed by atoms with E-state index in [2.05, 4.69) is 18.8 Å². The highest BCUT2D eigenvalue weighted by molar-refractivity contribution is 5.34. The number of aliphatic imine (C=N–C) groups is 1. The zero-order valence-corrected chi connectivity index (χ0v) is 9.99. The highest BCUT2D eigenvalue weighted by atomic mass is 16.5. The molecule has 1 aromatic rings. The number of isocyanates is 1. The Morgan fingerprint density at radius 1 is 1.25 bits per heavy atom. The zero-order chi connectivity index (χ0) is 12.0. The summed E-state index contributed by atoms with van der Waals surface area (Å²) in [5.41, 5.74) is 2.08. The molecule has 86 valence electrons. The summed E-state index contributed by atoms with van der Waals surface area (Å²) in [6.07, 6.45) is 2.40. The van der Waals surface area contributed by atoms with E-state index >= 15 is 0 Å². The van der Waals surface area contributed by atoms with Gasteiger partial charge in [-0.25, -0.2) is 9.79 Å². The van der Waals surface area contributed by atoms with Gasteiger partial charge < -0.3 is 4.74 Å². The molecule has 0 aliphatic carbocycles. The van der Waals surface area contributed by atoms with Crippen molar-refractivity contribution in [3.63, 3.8) is 0 Å². The molecule has 0 heterocycles. The van der Waals surface area contributed by atoms with Crippen molar-refractivity contribution in [2.24, 2.45) is 4.99 Å². The molecule has 3 nitrogen and oxygen atoms in total. The fourth-order valence-corrected chi connectivity index (χ4v) is 1.45. The van der Waals surface area contributed by atoms with Gasteiger partial charge >= 0.3 is 0 Å². The van der Waals surface area contributed by atoms with Gasteiger partial charge in [-0.05, 0) is 25.0 Å². The third kappa shape index (κ3) is 3.97. The predicted molar refractivity (Wildman–Crippen MR) is 63.1 cm³/mol. The lowest BCUT2D eigenvalue weighted by molar-refractivity contribution is 0.0232. The summed E-state index contributed by atoms with van der Waals surface area (Å²) in [6, 6.07) is 8.02. The highest BCUT2D eigenvalue weighted by Crippen LogP contribution is 2.16. The second-order valence-electron chi connectivity index (χ2n) is 4.36. The van der Waals surface area contributed by atoms with Crippen LogP contribution in [0.5, 0.6) is 0 Å². The van der Waals surface area contributed by atoms with Crippen molar-refractivity contribution < 1.29 is 9.53 Å². The van der Waals surface area contributed by atoms with Crippen LogP contribution in [0.2, 0.25) is 0 Å². The molecule has 0 fully saturated rings. The smallest absolute Gasteiger partial charge is 0.235 e. The third-order valence-corrected chi connectivity index (χ3v) is 2.53. The number of hydrogen-bond acceptors (Lipinski definition) is 3. The van der Waals surface area contributed by atoms with Crippen LogP contribution < -0.4 is 0 Å². The largest absolute Gasteiger partial charge is 0.378 e. The van der Waals surface area contributed by atoms with Crippen LogP contribution in [0, 0.1) is 0 Å². The molecule has 0 atom stereocenters. The lowest BCUT2D eigenvalue weighted by Gasteiger charge is -2.22. The average Bonchev–Trinajstić information content (AvgIpc) is 2.28. The molecule has 16 heavy (non-hydrogen) atoms. The lowest BCUT2D eigenvalue weighted by Crippen LogP contribution is -2.25. The van der Waals surface area contributed by atoms with E-state index < -0.39 is 0 Å². The molecule has 0 saturated carbocycles. The second-order valence-corrected chi connectivity index (χ2v) is 4.36. The Hall–Kier alpha value is -1.44. The van der Waals surface area contributed by atoms with Gasteiger partial charge in [0.25, 0.3) is 0 Å². The predicted octanol–water partition coefficient (Wildman–Crippen LogP) is 2.49. The molecule has 0 radical (unpaired) electrons. The van der Waals surface area contributed by atoms with Crippen LogP contribution in [-0.4, -0.2) is 18.8 Å². The van der Waals surface area contributed by atoms with Crippen molar-refractivity contribution in [3.8, 4) is 0 Å². The van der Waals surface area contributed by atoms with E-state index in [0.717, 1.165) is 12.0 Å². The molecular weight excluding hydrogens is 202 g/mol. The van der Waals surface area contributed by atoms with E-state index in [0.29, 0.717) is 6.54 Å². The standard InChI is InChI=1S/C13H17NO2/c1-13(2,16-3)8-11-4-6-12(7-5-11)9-14-10-15/h4-7H,8-9H2,1-3H3. The maximum absolute atomic E-state index is 9.96. The molecule has 0 aliphatic heterocycles. The van der Waals surface area contributed by atoms with Crippen LogP contribution in [0.1, 0.15) is 25.0 Å². The lowest BCUT2D eigenvalue weighted by atomic mass is 9.97. The fourth-order valence-electron chi connectivity index (χ4n) is 1.45. The number of carbonyl (C=O) groups excluding carboxylic acids is 1. The number of nitrogens with zero attached hydrogens (tertiary/aromatic N) is 1. The number of hydrogen-bond donors (Lipinski definition) is 0. The van der Waals surface area contributed by atoms with Gasteiger partial charge in [-0.3, -0.25) is 0 Å². The topological polar surface area (TPSA) is 38.7 Å². The molecule has 0 aromatic heterocycles. The van der Waals surface area contributed by atoms with E-state index in [9.17, 15) is 4.79 Å². The van der Waals surface area contributed by atoms with Crippen LogP contribution in [0.15, 0.2) is 29.3 Å². The molecule has 1 aromatic carbocycles. The summed E-state index contributed by atoms with van der Waals surface area (Å²) in [5, 5.41) is 0. The Labute approximate surface area is 96.2 Å². The minimum absolute atomic E-state index is 0.150. The van der Waals surface area contributed by atoms with Gasteiger partial charge in [0.15, 0.2) is 0 Å². The van der Waals surface area contributed by atoms with Gasteiger partial charge in [0.05, 0.1) is 12.1 Å². The van der Waals surface area contributed by atoms with Crippen LogP contribution in [-0.2, 0) is 22.5 Å². The Morgan fingerprint density at radius 3 is 2.31 bits per heavy atom. The average molecular weight is 219 g/mol. The van der Waals surface area contributed by atoms with Gasteiger partial charge in [0, 0.05) is 13.5 Å². The number of methoxy groups -OCH3 is 1. The SMILES string of the molecule is COC(C)(C)Cc1ccc(CN=C=O)cc1. The summed E-state index contributed by atoms with van der Waals surface area (Å²) >= 11 is 0. The summed E-state index contributed by atoms with van der Waals surface area (Å²) in [4.78, 5) is 13.5. The summed E-state index contributed by atoms with van der Waals surface area (Å²) in [6.45, 7) is 4.51. The molecule has 0 amide bonds. The first-order valence-corrected chi connectivity index (χ1v) is 5.24. The molecule has 0 unspecified atom stereocenters. The molecule has 0 N–H and O–H groups in total. The first-order valence-electron chi connectivity index (χ1n) is 5.24. The Bertz CT molecular complexity index is 375. The molecular formula is C13H17NO2. The molecule has 0 saturated heterocycles. The van der Waals surface area contributed by atoms with Crippen LogP contribution >= 0.6 is 0 Å². The first-order chi connectivity index (χ1) is 7.57. The summed E-state index contributed by atoms with van der Waals surface area (Å²) in [7, 11) is 1.72. The molecule has 0 spiro atoms. The van der Waals surface area contributed by atoms with Gasteiger partial charge in [0.2, 0.25) is 6.08 Å². The van der Waals surface area contributed by atoms with E-state index in [1.807, 2.05) is 24.3 Å². The first kappa shape index (κ1) is 12.6. The van der Waals surface area contributed by atoms with Crippen molar-refractivity contribution in [2.45, 2.75) is 32.4 Å². The normalized spacial score (nSPS) is 10.9. The van der Waals surface area contributed by atoms with Gasteiger partial charge in [-0.15, -0.1) is 0 Å². The monoisotopic (exact) mass is 219 g/mol. The summed E-state index contributed by atoms with van der Waals surface area (Å²) < 4.78 is 5.37. The van der Waals surface area contributed by atoms with Crippen molar-refractivity contribution in [1.82, 2.24) is 0 Å². The van der Waals surface area contributed by atoms with Crippen LogP contribution in [0.3, 0.4) is 0 Å². The third-order valence-electron chi connectivity index (χ3n) is 2.53. The van der Waals surface area contributed by atoms with E-state index in [1.165, 1.54) is 11.6 Å². The van der Waals surface area contributed by atoms with Crippen molar-refractivity contribution >= 4 is 6.08 Å². The number of ether oxygens (including phenoxy) is 1. The zero-order valence-electron chi connectivity index (χ0n) is 9.99.